The first-order chi connectivity index (χ1) is 9.10. The zero-order valence-electron chi connectivity index (χ0n) is 12.6. The van der Waals surface area contributed by atoms with Gasteiger partial charge in [0.15, 0.2) is 0 Å². The Balaban J connectivity index is 1.90. The predicted octanol–water partition coefficient (Wildman–Crippen LogP) is 2.40. The van der Waals surface area contributed by atoms with Crippen LogP contribution in [-0.4, -0.2) is 27.2 Å². The molecule has 0 spiro atoms. The van der Waals surface area contributed by atoms with Crippen LogP contribution in [-0.2, 0) is 6.54 Å². The standard InChI is InChI=1S/C16H26N2O/c1-12-7-14(8-13(2)15(12)19-4)9-18-11-16(5-6-16)10-17-3/h7-8,17-18H,5-6,9-11H2,1-4H3. The van der Waals surface area contributed by atoms with Gasteiger partial charge in [-0.25, -0.2) is 0 Å². The lowest BCUT2D eigenvalue weighted by Crippen LogP contribution is -2.31. The van der Waals surface area contributed by atoms with Gasteiger partial charge in [-0.3, -0.25) is 0 Å². The lowest BCUT2D eigenvalue weighted by molar-refractivity contribution is 0.408. The first-order valence-corrected chi connectivity index (χ1v) is 7.10. The average molecular weight is 262 g/mol. The topological polar surface area (TPSA) is 33.3 Å². The van der Waals surface area contributed by atoms with E-state index in [1.165, 1.54) is 29.5 Å². The lowest BCUT2D eigenvalue weighted by atomic mass is 10.0. The van der Waals surface area contributed by atoms with Crippen LogP contribution >= 0.6 is 0 Å². The maximum absolute atomic E-state index is 5.40. The second kappa shape index (κ2) is 5.93. The molecule has 0 bridgehead atoms. The number of hydrogen-bond acceptors (Lipinski definition) is 3. The highest BCUT2D eigenvalue weighted by Crippen LogP contribution is 2.44. The van der Waals surface area contributed by atoms with Crippen molar-refractivity contribution >= 4 is 0 Å². The quantitative estimate of drug-likeness (QED) is 0.791. The van der Waals surface area contributed by atoms with Crippen molar-refractivity contribution in [3.05, 3.63) is 28.8 Å². The van der Waals surface area contributed by atoms with Crippen molar-refractivity contribution in [1.82, 2.24) is 10.6 Å². The fraction of sp³-hybridized carbons (Fsp3) is 0.625. The first-order valence-electron chi connectivity index (χ1n) is 7.10. The molecular weight excluding hydrogens is 236 g/mol. The van der Waals surface area contributed by atoms with Crippen molar-refractivity contribution < 1.29 is 4.74 Å². The van der Waals surface area contributed by atoms with Gasteiger partial charge in [0.1, 0.15) is 5.75 Å². The largest absolute Gasteiger partial charge is 0.496 e. The first kappa shape index (κ1) is 14.4. The van der Waals surface area contributed by atoms with Crippen molar-refractivity contribution in [3.8, 4) is 5.75 Å². The van der Waals surface area contributed by atoms with Crippen LogP contribution in [0.15, 0.2) is 12.1 Å². The Hall–Kier alpha value is -1.06. The highest BCUT2D eigenvalue weighted by Gasteiger charge is 2.41. The van der Waals surface area contributed by atoms with Gasteiger partial charge in [0, 0.05) is 19.6 Å². The summed E-state index contributed by atoms with van der Waals surface area (Å²) in [7, 11) is 3.78. The fourth-order valence-corrected chi connectivity index (χ4v) is 2.90. The van der Waals surface area contributed by atoms with Gasteiger partial charge in [0.05, 0.1) is 7.11 Å². The van der Waals surface area contributed by atoms with Crippen molar-refractivity contribution in [2.24, 2.45) is 5.41 Å². The lowest BCUT2D eigenvalue weighted by Gasteiger charge is -2.16. The normalized spacial score (nSPS) is 16.4. The van der Waals surface area contributed by atoms with Crippen LogP contribution in [0.3, 0.4) is 0 Å². The molecule has 0 atom stereocenters. The van der Waals surface area contributed by atoms with E-state index >= 15 is 0 Å². The fourth-order valence-electron chi connectivity index (χ4n) is 2.90. The van der Waals surface area contributed by atoms with Gasteiger partial charge in [-0.1, -0.05) is 12.1 Å². The van der Waals surface area contributed by atoms with Gasteiger partial charge in [0.2, 0.25) is 0 Å². The summed E-state index contributed by atoms with van der Waals surface area (Å²) in [6, 6.07) is 4.44. The second-order valence-corrected chi connectivity index (χ2v) is 5.90. The minimum Gasteiger partial charge on any atom is -0.496 e. The third kappa shape index (κ3) is 3.48. The molecular formula is C16H26N2O. The number of aryl methyl sites for hydroxylation is 2. The zero-order chi connectivity index (χ0) is 13.9. The summed E-state index contributed by atoms with van der Waals surface area (Å²) in [5.41, 5.74) is 4.30. The Morgan fingerprint density at radius 1 is 1.16 bits per heavy atom. The molecule has 3 nitrogen and oxygen atoms in total. The molecule has 0 aliphatic heterocycles. The molecule has 0 saturated heterocycles. The van der Waals surface area contributed by atoms with Crippen LogP contribution in [0.5, 0.6) is 5.75 Å². The summed E-state index contributed by atoms with van der Waals surface area (Å²) in [4.78, 5) is 0. The third-order valence-corrected chi connectivity index (χ3v) is 4.06. The van der Waals surface area contributed by atoms with E-state index < -0.39 is 0 Å². The average Bonchev–Trinajstić information content (AvgIpc) is 3.09. The maximum Gasteiger partial charge on any atom is 0.124 e. The predicted molar refractivity (Wildman–Crippen MR) is 79.8 cm³/mol. The molecule has 1 aliphatic carbocycles. The Labute approximate surface area is 116 Å². The van der Waals surface area contributed by atoms with Crippen molar-refractivity contribution in [3.63, 3.8) is 0 Å². The Kier molecular flexibility index (Phi) is 4.48. The molecule has 106 valence electrons. The summed E-state index contributed by atoms with van der Waals surface area (Å²) in [5.74, 6) is 1.01. The molecule has 3 heteroatoms. The third-order valence-electron chi connectivity index (χ3n) is 4.06. The molecule has 1 aromatic rings. The van der Waals surface area contributed by atoms with E-state index in [9.17, 15) is 0 Å². The van der Waals surface area contributed by atoms with Gasteiger partial charge < -0.3 is 15.4 Å². The zero-order valence-corrected chi connectivity index (χ0v) is 12.6. The van der Waals surface area contributed by atoms with E-state index in [4.69, 9.17) is 4.74 Å². The smallest absolute Gasteiger partial charge is 0.124 e. The summed E-state index contributed by atoms with van der Waals surface area (Å²) in [5, 5.41) is 6.90. The summed E-state index contributed by atoms with van der Waals surface area (Å²) >= 11 is 0. The number of rotatable bonds is 7. The van der Waals surface area contributed by atoms with Gasteiger partial charge in [-0.15, -0.1) is 0 Å². The van der Waals surface area contributed by atoms with E-state index in [1.54, 1.807) is 7.11 Å². The number of hydrogen-bond donors (Lipinski definition) is 2. The van der Waals surface area contributed by atoms with E-state index in [0.29, 0.717) is 5.41 Å². The Morgan fingerprint density at radius 2 is 1.79 bits per heavy atom. The Bertz CT molecular complexity index is 415. The number of ether oxygens (including phenoxy) is 1. The molecule has 0 unspecified atom stereocenters. The molecule has 1 fully saturated rings. The van der Waals surface area contributed by atoms with Crippen LogP contribution in [0.4, 0.5) is 0 Å². The van der Waals surface area contributed by atoms with E-state index in [1.807, 2.05) is 7.05 Å². The number of methoxy groups -OCH3 is 1. The van der Waals surface area contributed by atoms with E-state index in [-0.39, 0.29) is 0 Å². The minimum absolute atomic E-state index is 0.519. The van der Waals surface area contributed by atoms with Crippen LogP contribution in [0.1, 0.15) is 29.5 Å². The molecule has 1 aliphatic rings. The van der Waals surface area contributed by atoms with Gasteiger partial charge in [-0.2, -0.15) is 0 Å². The summed E-state index contributed by atoms with van der Waals surface area (Å²) in [6.45, 7) is 7.40. The van der Waals surface area contributed by atoms with Crippen molar-refractivity contribution in [1.29, 1.82) is 0 Å². The van der Waals surface area contributed by atoms with Crippen LogP contribution in [0.25, 0.3) is 0 Å². The number of nitrogens with one attached hydrogen (secondary N) is 2. The molecule has 2 rings (SSSR count). The van der Waals surface area contributed by atoms with E-state index in [0.717, 1.165) is 25.4 Å². The summed E-state index contributed by atoms with van der Waals surface area (Å²) in [6.07, 6.45) is 2.70. The van der Waals surface area contributed by atoms with Crippen LogP contribution in [0, 0.1) is 19.3 Å². The van der Waals surface area contributed by atoms with Crippen molar-refractivity contribution in [2.75, 3.05) is 27.2 Å². The molecule has 1 aromatic carbocycles. The molecule has 0 radical (unpaired) electrons. The second-order valence-electron chi connectivity index (χ2n) is 5.90. The highest BCUT2D eigenvalue weighted by molar-refractivity contribution is 5.43. The highest BCUT2D eigenvalue weighted by atomic mass is 16.5. The van der Waals surface area contributed by atoms with Gasteiger partial charge in [0.25, 0.3) is 0 Å². The molecule has 0 amide bonds. The molecule has 1 saturated carbocycles. The molecule has 19 heavy (non-hydrogen) atoms. The van der Waals surface area contributed by atoms with Gasteiger partial charge in [-0.05, 0) is 55.8 Å². The maximum atomic E-state index is 5.40. The monoisotopic (exact) mass is 262 g/mol. The summed E-state index contributed by atoms with van der Waals surface area (Å²) < 4.78 is 5.40. The van der Waals surface area contributed by atoms with Gasteiger partial charge >= 0.3 is 0 Å². The Morgan fingerprint density at radius 3 is 2.26 bits per heavy atom. The minimum atomic E-state index is 0.519. The van der Waals surface area contributed by atoms with Crippen LogP contribution < -0.4 is 15.4 Å². The van der Waals surface area contributed by atoms with E-state index in [2.05, 4.69) is 36.6 Å². The number of benzene rings is 1. The van der Waals surface area contributed by atoms with Crippen molar-refractivity contribution in [2.45, 2.75) is 33.2 Å². The van der Waals surface area contributed by atoms with Crippen LogP contribution in [0.2, 0.25) is 0 Å². The molecule has 0 heterocycles. The SMILES string of the molecule is CNCC1(CNCc2cc(C)c(OC)c(C)c2)CC1. The molecule has 0 aromatic heterocycles. The molecule has 2 N–H and O–H groups in total.